The van der Waals surface area contributed by atoms with Crippen LogP contribution < -0.4 is 0 Å². The summed E-state index contributed by atoms with van der Waals surface area (Å²) in [5.41, 5.74) is 0. The average molecular weight is 171 g/mol. The Morgan fingerprint density at radius 1 is 1.70 bits per heavy atom. The molecule has 1 rings (SSSR count). The average Bonchev–Trinajstić information content (AvgIpc) is 1.81. The minimum Gasteiger partial charge on any atom is -0.216 e. The molecule has 0 spiro atoms. The lowest BCUT2D eigenvalue weighted by Crippen LogP contribution is -2.32. The van der Waals surface area contributed by atoms with E-state index in [0.717, 1.165) is 0 Å². The topological polar surface area (TPSA) is 24.7 Å². The van der Waals surface area contributed by atoms with Gasteiger partial charge >= 0.3 is 6.09 Å². The highest BCUT2D eigenvalue weighted by Gasteiger charge is 2.38. The van der Waals surface area contributed by atoms with E-state index in [1.54, 1.807) is 0 Å². The van der Waals surface area contributed by atoms with Gasteiger partial charge in [-0.1, -0.05) is 11.6 Å². The highest BCUT2D eigenvalue weighted by Crippen LogP contribution is 2.26. The minimum absolute atomic E-state index is 0.335. The van der Waals surface area contributed by atoms with Crippen molar-refractivity contribution in [2.24, 2.45) is 9.98 Å². The molecule has 2 atom stereocenters. The minimum atomic E-state index is -2.80. The molecule has 0 aromatic rings. The summed E-state index contributed by atoms with van der Waals surface area (Å²) in [6.45, 7) is 0. The molecule has 10 heavy (non-hydrogen) atoms. The Kier molecular flexibility index (Phi) is 1.68. The molecular weight excluding hydrogens is 169 g/mol. The largest absolute Gasteiger partial charge is 0.306 e. The molecule has 0 radical (unpaired) electrons. The molecular formula is C4H2ClF3N2. The Labute approximate surface area is 59.4 Å². The van der Waals surface area contributed by atoms with Crippen LogP contribution in [-0.4, -0.2) is 23.7 Å². The van der Waals surface area contributed by atoms with Crippen LogP contribution in [0.4, 0.5) is 13.2 Å². The third kappa shape index (κ3) is 1.29. The molecule has 0 amide bonds. The van der Waals surface area contributed by atoms with E-state index in [1.165, 1.54) is 0 Å². The van der Waals surface area contributed by atoms with Gasteiger partial charge in [-0.15, -0.1) is 0 Å². The summed E-state index contributed by atoms with van der Waals surface area (Å²) in [4.78, 5) is 5.26. The molecule has 6 heteroatoms. The second kappa shape index (κ2) is 2.23. The Morgan fingerprint density at radius 3 is 2.70 bits per heavy atom. The second-order valence-electron chi connectivity index (χ2n) is 1.67. The fourth-order valence-electron chi connectivity index (χ4n) is 0.414. The molecule has 1 aliphatic heterocycles. The van der Waals surface area contributed by atoms with E-state index in [9.17, 15) is 13.2 Å². The van der Waals surface area contributed by atoms with Gasteiger partial charge in [-0.2, -0.15) is 9.38 Å². The monoisotopic (exact) mass is 170 g/mol. The third-order valence-electron chi connectivity index (χ3n) is 0.881. The maximum atomic E-state index is 12.4. The fourth-order valence-corrected chi connectivity index (χ4v) is 0.511. The molecule has 2 unspecified atom stereocenters. The van der Waals surface area contributed by atoms with E-state index >= 15 is 0 Å². The van der Waals surface area contributed by atoms with Crippen molar-refractivity contribution in [3.8, 4) is 0 Å². The standard InChI is InChI=1S/C4H2ClF3N2/c5-4(8)1-9-3(7)10-2(4)6/h1-2H. The molecule has 1 aliphatic rings. The normalized spacial score (nSPS) is 39.6. The molecule has 0 aromatic heterocycles. The van der Waals surface area contributed by atoms with Crippen LogP contribution in [0.1, 0.15) is 0 Å². The van der Waals surface area contributed by atoms with Crippen LogP contribution in [0.5, 0.6) is 0 Å². The lowest BCUT2D eigenvalue weighted by Gasteiger charge is -2.15. The van der Waals surface area contributed by atoms with Crippen molar-refractivity contribution in [3.05, 3.63) is 0 Å². The Bertz CT molecular complexity index is 201. The van der Waals surface area contributed by atoms with Crippen LogP contribution in [-0.2, 0) is 0 Å². The van der Waals surface area contributed by atoms with Crippen LogP contribution >= 0.6 is 11.6 Å². The van der Waals surface area contributed by atoms with Crippen molar-refractivity contribution in [1.29, 1.82) is 0 Å². The van der Waals surface area contributed by atoms with Gasteiger partial charge in [0.2, 0.25) is 6.30 Å². The molecule has 56 valence electrons. The molecule has 0 aromatic carbocycles. The third-order valence-corrected chi connectivity index (χ3v) is 1.16. The van der Waals surface area contributed by atoms with Crippen molar-refractivity contribution in [2.45, 2.75) is 11.4 Å². The molecule has 0 saturated carbocycles. The lowest BCUT2D eigenvalue weighted by atomic mass is 10.3. The number of hydrogen-bond donors (Lipinski definition) is 0. The molecule has 0 saturated heterocycles. The van der Waals surface area contributed by atoms with Crippen LogP contribution in [0.15, 0.2) is 9.98 Å². The van der Waals surface area contributed by atoms with Gasteiger partial charge in [0.1, 0.15) is 0 Å². The summed E-state index contributed by atoms with van der Waals surface area (Å²) in [5, 5.41) is -2.80. The van der Waals surface area contributed by atoms with Gasteiger partial charge in [-0.25, -0.2) is 13.8 Å². The quantitative estimate of drug-likeness (QED) is 0.390. The summed E-state index contributed by atoms with van der Waals surface area (Å²) < 4.78 is 36.5. The van der Waals surface area contributed by atoms with E-state index in [0.29, 0.717) is 6.21 Å². The van der Waals surface area contributed by atoms with Crippen LogP contribution in [0.2, 0.25) is 0 Å². The van der Waals surface area contributed by atoms with E-state index < -0.39 is 17.5 Å². The Balaban J connectivity index is 2.84. The lowest BCUT2D eigenvalue weighted by molar-refractivity contribution is 0.193. The van der Waals surface area contributed by atoms with Crippen LogP contribution in [0.3, 0.4) is 0 Å². The molecule has 1 heterocycles. The number of halogens is 4. The molecule has 0 fully saturated rings. The smallest absolute Gasteiger partial charge is 0.216 e. The van der Waals surface area contributed by atoms with Gasteiger partial charge in [-0.05, 0) is 0 Å². The van der Waals surface area contributed by atoms with Gasteiger partial charge in [0.05, 0.1) is 6.21 Å². The summed E-state index contributed by atoms with van der Waals surface area (Å²) in [7, 11) is 0. The van der Waals surface area contributed by atoms with Crippen LogP contribution in [0.25, 0.3) is 0 Å². The molecule has 0 bridgehead atoms. The van der Waals surface area contributed by atoms with E-state index in [1.807, 2.05) is 0 Å². The number of alkyl halides is 3. The van der Waals surface area contributed by atoms with Gasteiger partial charge in [0.15, 0.2) is 0 Å². The highest BCUT2D eigenvalue weighted by atomic mass is 35.5. The van der Waals surface area contributed by atoms with Gasteiger partial charge in [-0.3, -0.25) is 0 Å². The van der Waals surface area contributed by atoms with Gasteiger partial charge < -0.3 is 0 Å². The molecule has 2 nitrogen and oxygen atoms in total. The predicted octanol–water partition coefficient (Wildman–Crippen LogP) is 1.60. The maximum Gasteiger partial charge on any atom is 0.306 e. The Hall–Kier alpha value is -0.580. The number of hydrogen-bond acceptors (Lipinski definition) is 2. The predicted molar refractivity (Wildman–Crippen MR) is 31.6 cm³/mol. The second-order valence-corrected chi connectivity index (χ2v) is 2.25. The Morgan fingerprint density at radius 2 is 2.30 bits per heavy atom. The molecule has 0 aliphatic carbocycles. The van der Waals surface area contributed by atoms with E-state index in [-0.39, 0.29) is 0 Å². The van der Waals surface area contributed by atoms with Crippen LogP contribution in [0, 0.1) is 0 Å². The number of aliphatic imine (C=N–C) groups is 2. The van der Waals surface area contributed by atoms with E-state index in [4.69, 9.17) is 11.6 Å². The van der Waals surface area contributed by atoms with Crippen molar-refractivity contribution in [3.63, 3.8) is 0 Å². The zero-order valence-corrected chi connectivity index (χ0v) is 5.32. The van der Waals surface area contributed by atoms with Crippen molar-refractivity contribution >= 4 is 23.9 Å². The summed E-state index contributed by atoms with van der Waals surface area (Å²) in [6, 6.07) is 0. The first-order valence-corrected chi connectivity index (χ1v) is 2.70. The van der Waals surface area contributed by atoms with Crippen molar-refractivity contribution < 1.29 is 13.2 Å². The number of rotatable bonds is 0. The first-order chi connectivity index (χ1) is 4.52. The van der Waals surface area contributed by atoms with Crippen molar-refractivity contribution in [1.82, 2.24) is 0 Å². The first kappa shape index (κ1) is 7.53. The summed E-state index contributed by atoms with van der Waals surface area (Å²) >= 11 is 4.82. The summed E-state index contributed by atoms with van der Waals surface area (Å²) in [6.07, 6.45) is -3.38. The van der Waals surface area contributed by atoms with E-state index in [2.05, 4.69) is 9.98 Å². The maximum absolute atomic E-state index is 12.4. The van der Waals surface area contributed by atoms with Gasteiger partial charge in [0, 0.05) is 0 Å². The SMILES string of the molecule is FC1=NC(F)C(F)(Cl)C=N1. The zero-order chi connectivity index (χ0) is 7.78. The summed E-state index contributed by atoms with van der Waals surface area (Å²) in [5.74, 6) is 0. The first-order valence-electron chi connectivity index (χ1n) is 2.33. The number of nitrogens with zero attached hydrogens (tertiary/aromatic N) is 2. The molecule has 0 N–H and O–H groups in total. The zero-order valence-electron chi connectivity index (χ0n) is 4.56. The van der Waals surface area contributed by atoms with Crippen molar-refractivity contribution in [2.75, 3.05) is 0 Å². The fraction of sp³-hybridized carbons (Fsp3) is 0.500. The number of amidine groups is 1. The van der Waals surface area contributed by atoms with Gasteiger partial charge in [0.25, 0.3) is 5.13 Å². The highest BCUT2D eigenvalue weighted by molar-refractivity contribution is 6.32.